The molecule has 2 N–H and O–H groups in total. The zero-order valence-electron chi connectivity index (χ0n) is 21.4. The van der Waals surface area contributed by atoms with Gasteiger partial charge in [0.15, 0.2) is 0 Å². The van der Waals surface area contributed by atoms with E-state index in [2.05, 4.69) is 24.5 Å². The van der Waals surface area contributed by atoms with E-state index in [1.54, 1.807) is 0 Å². The molecular weight excluding hydrogens is 436 g/mol. The fraction of sp³-hybridized carbons (Fsp3) is 0.692. The second kappa shape index (κ2) is 10.1. The van der Waals surface area contributed by atoms with E-state index in [9.17, 15) is 9.59 Å². The number of amides is 2. The molecular formula is C26H40N2O6. The van der Waals surface area contributed by atoms with Crippen LogP contribution in [0.2, 0.25) is 0 Å². The van der Waals surface area contributed by atoms with Gasteiger partial charge in [0.05, 0.1) is 48.3 Å². The molecule has 0 spiro atoms. The van der Waals surface area contributed by atoms with Crippen molar-refractivity contribution in [3.05, 3.63) is 35.4 Å². The van der Waals surface area contributed by atoms with Gasteiger partial charge in [0.1, 0.15) is 13.2 Å². The Bertz CT molecular complexity index is 796. The third-order valence-corrected chi connectivity index (χ3v) is 7.29. The van der Waals surface area contributed by atoms with Crippen LogP contribution in [0.5, 0.6) is 0 Å². The minimum Gasteiger partial charge on any atom is -0.449 e. The first kappa shape index (κ1) is 26.3. The van der Waals surface area contributed by atoms with E-state index in [0.717, 1.165) is 24.0 Å². The highest BCUT2D eigenvalue weighted by atomic mass is 16.6. The molecule has 0 aromatic heterocycles. The minimum absolute atomic E-state index is 0.0614. The molecule has 0 aliphatic carbocycles. The van der Waals surface area contributed by atoms with Crippen LogP contribution in [0.4, 0.5) is 9.59 Å². The number of hydrogen-bond acceptors (Lipinski definition) is 6. The van der Waals surface area contributed by atoms with Crippen LogP contribution in [0, 0.1) is 10.8 Å². The lowest BCUT2D eigenvalue weighted by Crippen LogP contribution is -2.49. The van der Waals surface area contributed by atoms with Crippen molar-refractivity contribution in [1.82, 2.24) is 10.6 Å². The van der Waals surface area contributed by atoms with Crippen molar-refractivity contribution < 1.29 is 28.5 Å². The maximum absolute atomic E-state index is 12.5. The fourth-order valence-electron chi connectivity index (χ4n) is 4.02. The lowest BCUT2D eigenvalue weighted by atomic mass is 9.84. The summed E-state index contributed by atoms with van der Waals surface area (Å²) in [7, 11) is 0. The van der Waals surface area contributed by atoms with Gasteiger partial charge < -0.3 is 29.6 Å². The molecule has 190 valence electrons. The molecule has 2 aliphatic rings. The van der Waals surface area contributed by atoms with Crippen molar-refractivity contribution in [2.45, 2.75) is 65.5 Å². The summed E-state index contributed by atoms with van der Waals surface area (Å²) in [4.78, 5) is 25.0. The van der Waals surface area contributed by atoms with Crippen LogP contribution in [0.15, 0.2) is 24.3 Å². The van der Waals surface area contributed by atoms with Crippen molar-refractivity contribution >= 4 is 12.2 Å². The average Bonchev–Trinajstić information content (AvgIpc) is 2.72. The number of ether oxygens (including phenoxy) is 4. The van der Waals surface area contributed by atoms with Gasteiger partial charge >= 0.3 is 12.2 Å². The van der Waals surface area contributed by atoms with E-state index in [1.165, 1.54) is 0 Å². The summed E-state index contributed by atoms with van der Waals surface area (Å²) in [5.74, 6) is 0. The molecule has 8 heteroatoms. The SMILES string of the molecule is CCC1(COC(=O)NC(C)(C)c2cccc(C(C)(C)NC(=O)OCC3(CC)COC3)c2)COC1. The van der Waals surface area contributed by atoms with Crippen molar-refractivity contribution in [1.29, 1.82) is 0 Å². The Morgan fingerprint density at radius 3 is 1.50 bits per heavy atom. The third kappa shape index (κ3) is 6.02. The number of nitrogens with one attached hydrogen (secondary N) is 2. The van der Waals surface area contributed by atoms with E-state index in [1.807, 2.05) is 52.0 Å². The van der Waals surface area contributed by atoms with Crippen LogP contribution < -0.4 is 10.6 Å². The quantitative estimate of drug-likeness (QED) is 0.518. The van der Waals surface area contributed by atoms with Crippen LogP contribution in [-0.4, -0.2) is 51.8 Å². The Labute approximate surface area is 203 Å². The van der Waals surface area contributed by atoms with Crippen LogP contribution >= 0.6 is 0 Å². The molecule has 0 radical (unpaired) electrons. The Hall–Kier alpha value is -2.32. The second-order valence-corrected chi connectivity index (χ2v) is 10.9. The summed E-state index contributed by atoms with van der Waals surface area (Å²) >= 11 is 0. The molecule has 8 nitrogen and oxygen atoms in total. The summed E-state index contributed by atoms with van der Waals surface area (Å²) in [6.07, 6.45) is 0.897. The molecule has 2 saturated heterocycles. The number of rotatable bonds is 10. The van der Waals surface area contributed by atoms with Crippen LogP contribution in [0.1, 0.15) is 65.5 Å². The third-order valence-electron chi connectivity index (χ3n) is 7.29. The summed E-state index contributed by atoms with van der Waals surface area (Å²) < 4.78 is 21.6. The molecule has 2 aliphatic heterocycles. The van der Waals surface area contributed by atoms with Crippen LogP contribution in [-0.2, 0) is 30.0 Å². The van der Waals surface area contributed by atoms with E-state index in [4.69, 9.17) is 18.9 Å². The van der Waals surface area contributed by atoms with Gasteiger partial charge in [-0.3, -0.25) is 0 Å². The summed E-state index contributed by atoms with van der Waals surface area (Å²) in [5, 5.41) is 5.93. The lowest BCUT2D eigenvalue weighted by molar-refractivity contribution is -0.139. The zero-order valence-corrected chi connectivity index (χ0v) is 21.4. The number of hydrogen-bond donors (Lipinski definition) is 2. The number of alkyl carbamates (subject to hydrolysis) is 2. The van der Waals surface area contributed by atoms with Gasteiger partial charge in [0, 0.05) is 0 Å². The maximum atomic E-state index is 12.5. The Morgan fingerprint density at radius 2 is 1.21 bits per heavy atom. The summed E-state index contributed by atoms with van der Waals surface area (Å²) in [6.45, 7) is 15.0. The van der Waals surface area contributed by atoms with Gasteiger partial charge in [0.2, 0.25) is 0 Å². The first-order valence-corrected chi connectivity index (χ1v) is 12.1. The van der Waals surface area contributed by atoms with Crippen molar-refractivity contribution in [3.8, 4) is 0 Å². The van der Waals surface area contributed by atoms with E-state index < -0.39 is 23.3 Å². The molecule has 2 heterocycles. The molecule has 1 aromatic rings. The topological polar surface area (TPSA) is 95.1 Å². The van der Waals surface area contributed by atoms with E-state index >= 15 is 0 Å². The van der Waals surface area contributed by atoms with Gasteiger partial charge in [-0.25, -0.2) is 9.59 Å². The van der Waals surface area contributed by atoms with Gasteiger partial charge in [-0.2, -0.15) is 0 Å². The standard InChI is InChI=1S/C26H40N2O6/c1-7-25(13-31-14-25)17-33-21(29)27-23(3,4)19-10-9-11-20(12-19)24(5,6)28-22(30)34-18-26(8-2)15-32-16-26/h9-12H,7-8,13-18H2,1-6H3,(H,27,29)(H,28,30). The van der Waals surface area contributed by atoms with E-state index in [0.29, 0.717) is 39.6 Å². The Morgan fingerprint density at radius 1 is 0.824 bits per heavy atom. The highest BCUT2D eigenvalue weighted by Crippen LogP contribution is 2.33. The maximum Gasteiger partial charge on any atom is 0.407 e. The summed E-state index contributed by atoms with van der Waals surface area (Å²) in [5.41, 5.74) is 0.341. The second-order valence-electron chi connectivity index (χ2n) is 10.9. The monoisotopic (exact) mass is 476 g/mol. The first-order valence-electron chi connectivity index (χ1n) is 12.1. The van der Waals surface area contributed by atoms with Gasteiger partial charge in [0.25, 0.3) is 0 Å². The van der Waals surface area contributed by atoms with Crippen molar-refractivity contribution in [2.24, 2.45) is 10.8 Å². The Balaban J connectivity index is 1.59. The molecule has 1 aromatic carbocycles. The van der Waals surface area contributed by atoms with Crippen LogP contribution in [0.3, 0.4) is 0 Å². The molecule has 34 heavy (non-hydrogen) atoms. The smallest absolute Gasteiger partial charge is 0.407 e. The number of carbonyl (C=O) groups is 2. The average molecular weight is 477 g/mol. The van der Waals surface area contributed by atoms with Crippen molar-refractivity contribution in [2.75, 3.05) is 39.6 Å². The molecule has 0 atom stereocenters. The molecule has 2 amide bonds. The Kier molecular flexibility index (Phi) is 7.82. The molecule has 0 bridgehead atoms. The van der Waals surface area contributed by atoms with E-state index in [-0.39, 0.29) is 10.8 Å². The molecule has 3 rings (SSSR count). The fourth-order valence-corrected chi connectivity index (χ4v) is 4.02. The largest absolute Gasteiger partial charge is 0.449 e. The molecule has 0 saturated carbocycles. The van der Waals surface area contributed by atoms with Gasteiger partial charge in [-0.1, -0.05) is 38.1 Å². The zero-order chi connectivity index (χ0) is 25.0. The molecule has 2 fully saturated rings. The highest BCUT2D eigenvalue weighted by molar-refractivity contribution is 5.69. The van der Waals surface area contributed by atoms with Crippen LogP contribution in [0.25, 0.3) is 0 Å². The van der Waals surface area contributed by atoms with Gasteiger partial charge in [-0.05, 0) is 51.7 Å². The molecule has 0 unspecified atom stereocenters. The summed E-state index contributed by atoms with van der Waals surface area (Å²) in [6, 6.07) is 7.81. The minimum atomic E-state index is -0.670. The lowest BCUT2D eigenvalue weighted by Gasteiger charge is -2.40. The number of benzene rings is 1. The highest BCUT2D eigenvalue weighted by Gasteiger charge is 2.39. The predicted octanol–water partition coefficient (Wildman–Crippen LogP) is 4.46. The normalized spacial score (nSPS) is 18.8. The number of carbonyl (C=O) groups excluding carboxylic acids is 2. The van der Waals surface area contributed by atoms with Gasteiger partial charge in [-0.15, -0.1) is 0 Å². The predicted molar refractivity (Wildman–Crippen MR) is 129 cm³/mol. The first-order chi connectivity index (χ1) is 15.9. The van der Waals surface area contributed by atoms with Crippen molar-refractivity contribution in [3.63, 3.8) is 0 Å².